The zero-order valence-electron chi connectivity index (χ0n) is 14.5. The first kappa shape index (κ1) is 17.1. The third-order valence-corrected chi connectivity index (χ3v) is 6.13. The van der Waals surface area contributed by atoms with Crippen LogP contribution in [0.25, 0.3) is 17.0 Å². The first-order valence-electron chi connectivity index (χ1n) is 8.45. The zero-order valence-corrected chi connectivity index (χ0v) is 16.1. The highest BCUT2D eigenvalue weighted by molar-refractivity contribution is 7.98. The van der Waals surface area contributed by atoms with Crippen LogP contribution < -0.4 is 0 Å². The van der Waals surface area contributed by atoms with Gasteiger partial charge in [0.15, 0.2) is 11.0 Å². The number of hydrogen-bond donors (Lipinski definition) is 0. The van der Waals surface area contributed by atoms with Crippen LogP contribution in [0, 0.1) is 0 Å². The summed E-state index contributed by atoms with van der Waals surface area (Å²) in [5.41, 5.74) is 3.11. The predicted octanol–water partition coefficient (Wildman–Crippen LogP) is 4.70. The molecule has 0 fully saturated rings. The highest BCUT2D eigenvalue weighted by Gasteiger charge is 2.15. The molecule has 0 unspecified atom stereocenters. The maximum absolute atomic E-state index is 4.65. The lowest BCUT2D eigenvalue weighted by Crippen LogP contribution is -2.00. The molecule has 7 heteroatoms. The summed E-state index contributed by atoms with van der Waals surface area (Å²) in [5.74, 6) is 1.65. The second kappa shape index (κ2) is 7.47. The van der Waals surface area contributed by atoms with Gasteiger partial charge >= 0.3 is 0 Å². The number of rotatable bonds is 7. The summed E-state index contributed by atoms with van der Waals surface area (Å²) in [4.78, 5) is 6.00. The van der Waals surface area contributed by atoms with Crippen molar-refractivity contribution in [3.8, 4) is 11.4 Å². The molecule has 4 aromatic heterocycles. The summed E-state index contributed by atoms with van der Waals surface area (Å²) in [7, 11) is 0. The molecule has 0 spiro atoms. The highest BCUT2D eigenvalue weighted by Crippen LogP contribution is 2.29. The van der Waals surface area contributed by atoms with Gasteiger partial charge in [0.25, 0.3) is 0 Å². The first-order chi connectivity index (χ1) is 12.8. The fraction of sp³-hybridized carbons (Fsp3) is 0.211. The van der Waals surface area contributed by atoms with Crippen molar-refractivity contribution >= 4 is 28.7 Å². The number of thioether (sulfide) groups is 1. The summed E-state index contributed by atoms with van der Waals surface area (Å²) in [6.45, 7) is 6.74. The Hall–Kier alpha value is -2.38. The lowest BCUT2D eigenvalue weighted by atomic mass is 10.2. The van der Waals surface area contributed by atoms with Crippen LogP contribution in [0.1, 0.15) is 17.5 Å². The molecule has 5 nitrogen and oxygen atoms in total. The number of imidazole rings is 1. The molecule has 0 amide bonds. The molecule has 0 aliphatic rings. The van der Waals surface area contributed by atoms with Crippen LogP contribution in [0.2, 0.25) is 0 Å². The molecular weight excluding hydrogens is 362 g/mol. The Morgan fingerprint density at radius 1 is 1.31 bits per heavy atom. The Morgan fingerprint density at radius 3 is 3.00 bits per heavy atom. The number of allylic oxidation sites excluding steroid dienone is 1. The number of pyridine rings is 1. The quantitative estimate of drug-likeness (QED) is 0.344. The molecule has 0 aliphatic carbocycles. The van der Waals surface area contributed by atoms with Gasteiger partial charge in [-0.25, -0.2) is 4.98 Å². The molecule has 4 rings (SSSR count). The number of hydrogen-bond acceptors (Lipinski definition) is 5. The fourth-order valence-corrected chi connectivity index (χ4v) is 4.43. The lowest BCUT2D eigenvalue weighted by Gasteiger charge is -2.06. The van der Waals surface area contributed by atoms with Crippen molar-refractivity contribution in [3.63, 3.8) is 0 Å². The standard InChI is InChI=1S/C19H19N5S2/c1-3-8-24-18(14-10-16(4-2)25-12-14)21-22-19(24)26-13-15-11-23-9-6-5-7-17(23)20-15/h3,5-7,9-12H,1,4,8,13H2,2H3. The molecule has 26 heavy (non-hydrogen) atoms. The van der Waals surface area contributed by atoms with Gasteiger partial charge in [0.1, 0.15) is 5.65 Å². The van der Waals surface area contributed by atoms with E-state index in [4.69, 9.17) is 0 Å². The van der Waals surface area contributed by atoms with E-state index in [0.29, 0.717) is 6.54 Å². The van der Waals surface area contributed by atoms with Gasteiger partial charge in [-0.15, -0.1) is 28.1 Å². The van der Waals surface area contributed by atoms with E-state index in [1.165, 1.54) is 4.88 Å². The van der Waals surface area contributed by atoms with Crippen molar-refractivity contribution in [2.75, 3.05) is 0 Å². The van der Waals surface area contributed by atoms with Gasteiger partial charge in [-0.3, -0.25) is 4.57 Å². The molecule has 0 saturated carbocycles. The molecule has 4 aromatic rings. The molecule has 0 aromatic carbocycles. The lowest BCUT2D eigenvalue weighted by molar-refractivity contribution is 0.731. The maximum Gasteiger partial charge on any atom is 0.192 e. The Morgan fingerprint density at radius 2 is 2.23 bits per heavy atom. The van der Waals surface area contributed by atoms with Gasteiger partial charge in [0, 0.05) is 40.5 Å². The number of aryl methyl sites for hydroxylation is 1. The SMILES string of the molecule is C=CCn1c(SCc2cn3ccccc3n2)nnc1-c1csc(CC)c1. The smallest absolute Gasteiger partial charge is 0.192 e. The van der Waals surface area contributed by atoms with E-state index >= 15 is 0 Å². The molecule has 0 bridgehead atoms. The van der Waals surface area contributed by atoms with Crippen LogP contribution in [0.15, 0.2) is 59.9 Å². The summed E-state index contributed by atoms with van der Waals surface area (Å²) < 4.78 is 4.16. The summed E-state index contributed by atoms with van der Waals surface area (Å²) >= 11 is 3.42. The highest BCUT2D eigenvalue weighted by atomic mass is 32.2. The van der Waals surface area contributed by atoms with Gasteiger partial charge in [-0.05, 0) is 24.6 Å². The van der Waals surface area contributed by atoms with E-state index in [-0.39, 0.29) is 0 Å². The summed E-state index contributed by atoms with van der Waals surface area (Å²) in [6, 6.07) is 8.21. The topological polar surface area (TPSA) is 48.0 Å². The average molecular weight is 382 g/mol. The number of nitrogens with zero attached hydrogens (tertiary/aromatic N) is 5. The molecule has 132 valence electrons. The second-order valence-electron chi connectivity index (χ2n) is 5.85. The summed E-state index contributed by atoms with van der Waals surface area (Å²) in [5, 5.41) is 11.9. The van der Waals surface area contributed by atoms with Gasteiger partial charge in [-0.2, -0.15) is 0 Å². The molecule has 0 N–H and O–H groups in total. The van der Waals surface area contributed by atoms with Crippen molar-refractivity contribution in [1.82, 2.24) is 24.1 Å². The van der Waals surface area contributed by atoms with Crippen molar-refractivity contribution in [1.29, 1.82) is 0 Å². The minimum atomic E-state index is 0.688. The van der Waals surface area contributed by atoms with Crippen molar-refractivity contribution in [3.05, 3.63) is 65.3 Å². The van der Waals surface area contributed by atoms with E-state index in [0.717, 1.165) is 40.1 Å². The van der Waals surface area contributed by atoms with Gasteiger partial charge in [0.05, 0.1) is 5.69 Å². The molecule has 0 saturated heterocycles. The molecule has 0 radical (unpaired) electrons. The second-order valence-corrected chi connectivity index (χ2v) is 7.79. The normalized spacial score (nSPS) is 11.3. The molecular formula is C19H19N5S2. The van der Waals surface area contributed by atoms with E-state index in [9.17, 15) is 0 Å². The number of fused-ring (bicyclic) bond motifs is 1. The summed E-state index contributed by atoms with van der Waals surface area (Å²) in [6.07, 6.45) is 6.99. The monoisotopic (exact) mass is 381 g/mol. The van der Waals surface area contributed by atoms with E-state index in [2.05, 4.69) is 50.9 Å². The van der Waals surface area contributed by atoms with E-state index < -0.39 is 0 Å². The Kier molecular flexibility index (Phi) is 4.90. The van der Waals surface area contributed by atoms with Gasteiger partial charge in [0.2, 0.25) is 0 Å². The number of aromatic nitrogens is 5. The molecule has 0 aliphatic heterocycles. The first-order valence-corrected chi connectivity index (χ1v) is 10.3. The Balaban J connectivity index is 1.58. The van der Waals surface area contributed by atoms with Crippen LogP contribution in [0.4, 0.5) is 0 Å². The zero-order chi connectivity index (χ0) is 17.9. The van der Waals surface area contributed by atoms with Crippen LogP contribution in [-0.4, -0.2) is 24.1 Å². The van der Waals surface area contributed by atoms with E-state index in [1.54, 1.807) is 23.1 Å². The third-order valence-electron chi connectivity index (χ3n) is 4.05. The Bertz CT molecular complexity index is 1010. The number of thiophene rings is 1. The van der Waals surface area contributed by atoms with Crippen LogP contribution in [0.5, 0.6) is 0 Å². The van der Waals surface area contributed by atoms with Crippen molar-refractivity contribution in [2.45, 2.75) is 30.8 Å². The largest absolute Gasteiger partial charge is 0.307 e. The Labute approximate surface area is 160 Å². The predicted molar refractivity (Wildman–Crippen MR) is 108 cm³/mol. The van der Waals surface area contributed by atoms with Crippen molar-refractivity contribution in [2.24, 2.45) is 0 Å². The third kappa shape index (κ3) is 3.32. The maximum atomic E-state index is 4.65. The minimum Gasteiger partial charge on any atom is -0.307 e. The van der Waals surface area contributed by atoms with E-state index in [1.807, 2.05) is 34.9 Å². The van der Waals surface area contributed by atoms with Crippen LogP contribution in [-0.2, 0) is 18.7 Å². The average Bonchev–Trinajstić information content (AvgIpc) is 3.37. The molecule has 4 heterocycles. The van der Waals surface area contributed by atoms with Crippen molar-refractivity contribution < 1.29 is 0 Å². The fourth-order valence-electron chi connectivity index (χ4n) is 2.78. The van der Waals surface area contributed by atoms with Crippen LogP contribution in [0.3, 0.4) is 0 Å². The van der Waals surface area contributed by atoms with Gasteiger partial charge < -0.3 is 4.40 Å². The molecule has 0 atom stereocenters. The van der Waals surface area contributed by atoms with Gasteiger partial charge in [-0.1, -0.05) is 30.8 Å². The van der Waals surface area contributed by atoms with Crippen LogP contribution >= 0.6 is 23.1 Å². The minimum absolute atomic E-state index is 0.688.